The summed E-state index contributed by atoms with van der Waals surface area (Å²) in [4.78, 5) is 26.7. The number of benzene rings is 2. The molecule has 148 valence electrons. The van der Waals surface area contributed by atoms with Crippen molar-refractivity contribution in [1.82, 2.24) is 10.2 Å². The van der Waals surface area contributed by atoms with Crippen LogP contribution < -0.4 is 5.32 Å². The molecule has 28 heavy (non-hydrogen) atoms. The molecule has 0 unspecified atom stereocenters. The molecule has 0 spiro atoms. The lowest BCUT2D eigenvalue weighted by atomic mass is 10.0. The summed E-state index contributed by atoms with van der Waals surface area (Å²) in [6.07, 6.45) is 7.68. The summed E-state index contributed by atoms with van der Waals surface area (Å²) in [5.41, 5.74) is 1.51. The molecule has 0 aromatic heterocycles. The van der Waals surface area contributed by atoms with Crippen molar-refractivity contribution in [3.8, 4) is 0 Å². The number of carbonyl (C=O) groups excluding carboxylic acids is 2. The van der Waals surface area contributed by atoms with Crippen LogP contribution in [0.2, 0.25) is 0 Å². The first-order chi connectivity index (χ1) is 13.8. The summed E-state index contributed by atoms with van der Waals surface area (Å²) in [6.45, 7) is 1.60. The van der Waals surface area contributed by atoms with E-state index in [0.29, 0.717) is 11.6 Å². The molecule has 0 saturated carbocycles. The topological polar surface area (TPSA) is 49.4 Å². The second kappa shape index (κ2) is 10.6. The van der Waals surface area contributed by atoms with E-state index in [0.717, 1.165) is 63.6 Å². The van der Waals surface area contributed by atoms with Gasteiger partial charge in [-0.25, -0.2) is 0 Å². The van der Waals surface area contributed by atoms with Gasteiger partial charge in [-0.1, -0.05) is 55.7 Å². The monoisotopic (exact) mass is 378 g/mol. The van der Waals surface area contributed by atoms with E-state index in [-0.39, 0.29) is 11.8 Å². The number of likely N-dealkylation sites (tertiary alicyclic amines) is 1. The third-order valence-corrected chi connectivity index (χ3v) is 5.44. The van der Waals surface area contributed by atoms with E-state index in [4.69, 9.17) is 0 Å². The van der Waals surface area contributed by atoms with Gasteiger partial charge in [0.05, 0.1) is 0 Å². The summed E-state index contributed by atoms with van der Waals surface area (Å²) in [5.74, 6) is 0.174. The molecule has 2 aromatic rings. The van der Waals surface area contributed by atoms with E-state index in [1.165, 1.54) is 0 Å². The van der Waals surface area contributed by atoms with Crippen molar-refractivity contribution in [1.29, 1.82) is 0 Å². The highest BCUT2D eigenvalue weighted by Gasteiger charge is 2.28. The molecule has 1 atom stereocenters. The predicted molar refractivity (Wildman–Crippen MR) is 112 cm³/mol. The van der Waals surface area contributed by atoms with Gasteiger partial charge >= 0.3 is 0 Å². The van der Waals surface area contributed by atoms with Crippen molar-refractivity contribution >= 4 is 11.8 Å². The number of carbonyl (C=O) groups is 2. The van der Waals surface area contributed by atoms with E-state index in [1.807, 2.05) is 60.7 Å². The summed E-state index contributed by atoms with van der Waals surface area (Å²) in [5, 5.41) is 2.98. The van der Waals surface area contributed by atoms with Crippen LogP contribution in [0.15, 0.2) is 60.7 Å². The Kier molecular flexibility index (Phi) is 7.65. The summed E-state index contributed by atoms with van der Waals surface area (Å²) in [6, 6.07) is 19.3. The van der Waals surface area contributed by atoms with Crippen LogP contribution in [0.5, 0.6) is 0 Å². The molecule has 1 heterocycles. The molecule has 0 aliphatic carbocycles. The average molecular weight is 379 g/mol. The molecule has 3 rings (SSSR count). The highest BCUT2D eigenvalue weighted by molar-refractivity contribution is 5.94. The van der Waals surface area contributed by atoms with Crippen molar-refractivity contribution < 1.29 is 9.59 Å². The van der Waals surface area contributed by atoms with Crippen molar-refractivity contribution in [2.24, 2.45) is 0 Å². The number of hydrogen-bond acceptors (Lipinski definition) is 2. The summed E-state index contributed by atoms with van der Waals surface area (Å²) in [7, 11) is 0. The van der Waals surface area contributed by atoms with Gasteiger partial charge in [0.1, 0.15) is 0 Å². The lowest BCUT2D eigenvalue weighted by Crippen LogP contribution is -2.35. The Morgan fingerprint density at radius 1 is 0.857 bits per heavy atom. The second-order valence-corrected chi connectivity index (χ2v) is 7.49. The first-order valence-electron chi connectivity index (χ1n) is 10.4. The van der Waals surface area contributed by atoms with E-state index < -0.39 is 0 Å². The molecule has 1 fully saturated rings. The Hall–Kier alpha value is -2.62. The minimum Gasteiger partial charge on any atom is -0.352 e. The predicted octanol–water partition coefficient (Wildman–Crippen LogP) is 4.67. The summed E-state index contributed by atoms with van der Waals surface area (Å²) >= 11 is 0. The largest absolute Gasteiger partial charge is 0.352 e. The first kappa shape index (κ1) is 20.1. The normalized spacial score (nSPS) is 16.1. The minimum absolute atomic E-state index is 0.00150. The van der Waals surface area contributed by atoms with Crippen molar-refractivity contribution in [2.75, 3.05) is 13.1 Å². The third kappa shape index (κ3) is 5.69. The smallest absolute Gasteiger partial charge is 0.254 e. The van der Waals surface area contributed by atoms with Gasteiger partial charge in [-0.3, -0.25) is 9.59 Å². The molecule has 1 N–H and O–H groups in total. The number of nitrogens with zero attached hydrogens (tertiary/aromatic N) is 1. The van der Waals surface area contributed by atoms with Crippen LogP contribution in [0.3, 0.4) is 0 Å². The zero-order valence-electron chi connectivity index (χ0n) is 16.5. The summed E-state index contributed by atoms with van der Waals surface area (Å²) < 4.78 is 0. The molecule has 0 bridgehead atoms. The zero-order valence-corrected chi connectivity index (χ0v) is 16.5. The minimum atomic E-state index is 0.00150. The lowest BCUT2D eigenvalue weighted by molar-refractivity contribution is 0.0728. The fourth-order valence-corrected chi connectivity index (χ4v) is 3.90. The van der Waals surface area contributed by atoms with E-state index in [1.54, 1.807) is 0 Å². The van der Waals surface area contributed by atoms with Gasteiger partial charge in [0, 0.05) is 30.3 Å². The van der Waals surface area contributed by atoms with Crippen LogP contribution in [-0.4, -0.2) is 35.8 Å². The van der Waals surface area contributed by atoms with Crippen LogP contribution in [0.25, 0.3) is 0 Å². The van der Waals surface area contributed by atoms with Crippen LogP contribution >= 0.6 is 0 Å². The molecule has 1 aliphatic heterocycles. The maximum Gasteiger partial charge on any atom is 0.254 e. The molecule has 4 nitrogen and oxygen atoms in total. The Balaban J connectivity index is 1.30. The van der Waals surface area contributed by atoms with E-state index in [2.05, 4.69) is 10.2 Å². The fraction of sp³-hybridized carbons (Fsp3) is 0.417. The van der Waals surface area contributed by atoms with Crippen molar-refractivity contribution in [2.45, 2.75) is 51.0 Å². The van der Waals surface area contributed by atoms with Gasteiger partial charge in [0.15, 0.2) is 0 Å². The van der Waals surface area contributed by atoms with Gasteiger partial charge in [0.25, 0.3) is 11.8 Å². The van der Waals surface area contributed by atoms with E-state index in [9.17, 15) is 9.59 Å². The Bertz CT molecular complexity index is 746. The van der Waals surface area contributed by atoms with Gasteiger partial charge in [0.2, 0.25) is 0 Å². The Morgan fingerprint density at radius 3 is 2.21 bits per heavy atom. The number of amides is 2. The van der Waals surface area contributed by atoms with Gasteiger partial charge in [-0.05, 0) is 49.9 Å². The molecule has 0 radical (unpaired) electrons. The maximum atomic E-state index is 12.7. The molecule has 1 aliphatic rings. The number of hydrogen-bond donors (Lipinski definition) is 1. The van der Waals surface area contributed by atoms with Crippen LogP contribution in [0.1, 0.15) is 65.7 Å². The highest BCUT2D eigenvalue weighted by Crippen LogP contribution is 2.24. The third-order valence-electron chi connectivity index (χ3n) is 5.44. The van der Waals surface area contributed by atoms with Gasteiger partial charge in [-0.2, -0.15) is 0 Å². The number of rotatable bonds is 9. The molecular formula is C24H30N2O2. The Labute approximate surface area is 167 Å². The lowest BCUT2D eigenvalue weighted by Gasteiger charge is -2.25. The van der Waals surface area contributed by atoms with Crippen LogP contribution in [0.4, 0.5) is 0 Å². The quantitative estimate of drug-likeness (QED) is 0.645. The standard InChI is InChI=1S/C24H30N2O2/c27-23(20-12-5-3-6-13-20)25-18-10-2-1-9-16-22-17-11-19-26(22)24(28)21-14-7-4-8-15-21/h3-8,12-15,22H,1-2,9-11,16-19H2,(H,25,27)/t22-/m1/s1. The fourth-order valence-electron chi connectivity index (χ4n) is 3.90. The van der Waals surface area contributed by atoms with Crippen LogP contribution in [-0.2, 0) is 0 Å². The van der Waals surface area contributed by atoms with Gasteiger partial charge < -0.3 is 10.2 Å². The number of unbranched alkanes of at least 4 members (excludes halogenated alkanes) is 3. The zero-order chi connectivity index (χ0) is 19.6. The molecule has 2 amide bonds. The Morgan fingerprint density at radius 2 is 1.50 bits per heavy atom. The average Bonchev–Trinajstić information content (AvgIpc) is 3.22. The SMILES string of the molecule is O=C(NCCCCCC[C@@H]1CCCN1C(=O)c1ccccc1)c1ccccc1. The van der Waals surface area contributed by atoms with E-state index >= 15 is 0 Å². The van der Waals surface area contributed by atoms with Crippen molar-refractivity contribution in [3.05, 3.63) is 71.8 Å². The number of nitrogens with one attached hydrogen (secondary N) is 1. The molecule has 1 saturated heterocycles. The molecule has 4 heteroatoms. The van der Waals surface area contributed by atoms with Crippen LogP contribution in [0, 0.1) is 0 Å². The highest BCUT2D eigenvalue weighted by atomic mass is 16.2. The second-order valence-electron chi connectivity index (χ2n) is 7.49. The molecular weight excluding hydrogens is 348 g/mol. The van der Waals surface area contributed by atoms with Crippen molar-refractivity contribution in [3.63, 3.8) is 0 Å². The maximum absolute atomic E-state index is 12.7. The molecule has 2 aromatic carbocycles. The van der Waals surface area contributed by atoms with Gasteiger partial charge in [-0.15, -0.1) is 0 Å². The first-order valence-corrected chi connectivity index (χ1v) is 10.4.